The maximum absolute atomic E-state index is 13.7. The maximum Gasteiger partial charge on any atom is 0.238 e. The van der Waals surface area contributed by atoms with Gasteiger partial charge in [0.1, 0.15) is 19.0 Å². The molecule has 5 rings (SSSR count). The number of hydrogen-bond acceptors (Lipinski definition) is 8. The molecule has 0 bridgehead atoms. The number of nitrogens with one attached hydrogen (secondary N) is 1. The number of sulfone groups is 1. The van der Waals surface area contributed by atoms with Crippen molar-refractivity contribution in [1.82, 2.24) is 4.98 Å². The lowest BCUT2D eigenvalue weighted by molar-refractivity contribution is 0.171. The van der Waals surface area contributed by atoms with Gasteiger partial charge in [0.05, 0.1) is 12.0 Å². The quantitative estimate of drug-likeness (QED) is 0.413. The summed E-state index contributed by atoms with van der Waals surface area (Å²) in [7, 11) is -2.52. The predicted octanol–water partition coefficient (Wildman–Crippen LogP) is 5.01. The zero-order chi connectivity index (χ0) is 23.7. The smallest absolute Gasteiger partial charge is 0.238 e. The van der Waals surface area contributed by atoms with Crippen molar-refractivity contribution in [2.24, 2.45) is 0 Å². The van der Waals surface area contributed by atoms with Crippen LogP contribution in [-0.2, 0) is 9.84 Å². The molecular formula is C25H22N2O6S. The average molecular weight is 479 g/mol. The highest BCUT2D eigenvalue weighted by atomic mass is 32.2. The van der Waals surface area contributed by atoms with Gasteiger partial charge in [-0.1, -0.05) is 18.2 Å². The van der Waals surface area contributed by atoms with Crippen LogP contribution in [0.15, 0.2) is 81.1 Å². The first-order chi connectivity index (χ1) is 16.4. The Balaban J connectivity index is 1.62. The number of benzene rings is 3. The lowest BCUT2D eigenvalue weighted by Gasteiger charge is -2.18. The van der Waals surface area contributed by atoms with Crippen LogP contribution in [0.4, 0.5) is 11.6 Å². The van der Waals surface area contributed by atoms with Crippen LogP contribution in [0.25, 0.3) is 11.5 Å². The van der Waals surface area contributed by atoms with Gasteiger partial charge < -0.3 is 23.9 Å². The number of oxazole rings is 1. The lowest BCUT2D eigenvalue weighted by atomic mass is 10.2. The van der Waals surface area contributed by atoms with Crippen molar-refractivity contribution < 1.29 is 27.0 Å². The number of ether oxygens (including phenoxy) is 3. The Kier molecular flexibility index (Phi) is 5.62. The van der Waals surface area contributed by atoms with E-state index in [9.17, 15) is 8.42 Å². The summed E-state index contributed by atoms with van der Waals surface area (Å²) in [6, 6.07) is 19.1. The summed E-state index contributed by atoms with van der Waals surface area (Å²) in [5, 5.41) is 2.84. The van der Waals surface area contributed by atoms with Crippen molar-refractivity contribution in [1.29, 1.82) is 0 Å². The second-order valence-corrected chi connectivity index (χ2v) is 9.55. The van der Waals surface area contributed by atoms with Gasteiger partial charge in [-0.15, -0.1) is 0 Å². The Morgan fingerprint density at radius 1 is 0.941 bits per heavy atom. The van der Waals surface area contributed by atoms with Crippen LogP contribution in [0.2, 0.25) is 0 Å². The summed E-state index contributed by atoms with van der Waals surface area (Å²) < 4.78 is 49.7. The average Bonchev–Trinajstić information content (AvgIpc) is 3.28. The zero-order valence-corrected chi connectivity index (χ0v) is 19.4. The van der Waals surface area contributed by atoms with Gasteiger partial charge >= 0.3 is 0 Å². The molecule has 0 spiro atoms. The van der Waals surface area contributed by atoms with Gasteiger partial charge in [-0.3, -0.25) is 0 Å². The van der Waals surface area contributed by atoms with Crippen molar-refractivity contribution in [3.63, 3.8) is 0 Å². The van der Waals surface area contributed by atoms with Crippen LogP contribution in [0.5, 0.6) is 17.2 Å². The highest BCUT2D eigenvalue weighted by Crippen LogP contribution is 2.38. The lowest BCUT2D eigenvalue weighted by Crippen LogP contribution is -2.16. The SMILES string of the molecule is COc1cccc(-c2nc(S(=O)(=O)c3ccc4c(c3)OCCO4)c(Nc3cccc(C)c3)o2)c1. The topological polar surface area (TPSA) is 99.9 Å². The van der Waals surface area contributed by atoms with Crippen LogP contribution < -0.4 is 19.5 Å². The van der Waals surface area contributed by atoms with E-state index in [1.807, 2.05) is 31.2 Å². The van der Waals surface area contributed by atoms with Crippen LogP contribution in [0, 0.1) is 6.92 Å². The highest BCUT2D eigenvalue weighted by molar-refractivity contribution is 7.91. The Morgan fingerprint density at radius 2 is 1.74 bits per heavy atom. The van der Waals surface area contributed by atoms with Crippen molar-refractivity contribution in [3.05, 3.63) is 72.3 Å². The number of fused-ring (bicyclic) bond motifs is 1. The molecule has 1 N–H and O–H groups in total. The van der Waals surface area contributed by atoms with E-state index in [4.69, 9.17) is 18.6 Å². The van der Waals surface area contributed by atoms with E-state index in [1.165, 1.54) is 12.1 Å². The first-order valence-electron chi connectivity index (χ1n) is 10.6. The van der Waals surface area contributed by atoms with Crippen LogP contribution in [-0.4, -0.2) is 33.7 Å². The Bertz CT molecular complexity index is 1460. The molecule has 1 aliphatic heterocycles. The Labute approximate surface area is 197 Å². The van der Waals surface area contributed by atoms with Gasteiger partial charge in [0.25, 0.3) is 0 Å². The standard InChI is InChI=1S/C25H22N2O6S/c1-16-5-3-7-18(13-16)26-24-25(27-23(33-24)17-6-4-8-19(14-17)30-2)34(28,29)20-9-10-21-22(15-20)32-12-11-31-21/h3-10,13-15,26H,11-12H2,1-2H3. The third-order valence-corrected chi connectivity index (χ3v) is 6.93. The van der Waals surface area contributed by atoms with Gasteiger partial charge in [0.15, 0.2) is 11.5 Å². The molecule has 0 unspecified atom stereocenters. The Morgan fingerprint density at radius 3 is 2.53 bits per heavy atom. The summed E-state index contributed by atoms with van der Waals surface area (Å²) >= 11 is 0. The molecule has 1 aromatic heterocycles. The van der Waals surface area contributed by atoms with Crippen molar-refractivity contribution >= 4 is 21.4 Å². The molecule has 174 valence electrons. The number of rotatable bonds is 6. The molecule has 0 radical (unpaired) electrons. The molecule has 34 heavy (non-hydrogen) atoms. The fourth-order valence-corrected chi connectivity index (χ4v) is 4.88. The molecule has 0 atom stereocenters. The summed E-state index contributed by atoms with van der Waals surface area (Å²) in [6.07, 6.45) is 0. The first-order valence-corrected chi connectivity index (χ1v) is 12.1. The largest absolute Gasteiger partial charge is 0.497 e. The van der Waals surface area contributed by atoms with Gasteiger partial charge in [0, 0.05) is 17.3 Å². The molecule has 0 amide bonds. The van der Waals surface area contributed by atoms with Crippen LogP contribution >= 0.6 is 0 Å². The van der Waals surface area contributed by atoms with Crippen LogP contribution in [0.1, 0.15) is 5.56 Å². The number of aromatic nitrogens is 1. The highest BCUT2D eigenvalue weighted by Gasteiger charge is 2.30. The number of nitrogens with zero attached hydrogens (tertiary/aromatic N) is 1. The predicted molar refractivity (Wildman–Crippen MR) is 126 cm³/mol. The Hall–Kier alpha value is -3.98. The minimum atomic E-state index is -4.07. The molecule has 3 aromatic carbocycles. The van der Waals surface area contributed by atoms with Gasteiger partial charge in [0.2, 0.25) is 26.6 Å². The number of hydrogen-bond donors (Lipinski definition) is 1. The van der Waals surface area contributed by atoms with E-state index in [0.717, 1.165) is 5.56 Å². The molecule has 8 nitrogen and oxygen atoms in total. The molecule has 0 saturated carbocycles. The minimum absolute atomic E-state index is 0.0123. The van der Waals surface area contributed by atoms with E-state index < -0.39 is 9.84 Å². The minimum Gasteiger partial charge on any atom is -0.497 e. The fourth-order valence-electron chi connectivity index (χ4n) is 3.60. The summed E-state index contributed by atoms with van der Waals surface area (Å²) in [6.45, 7) is 2.71. The number of anilines is 2. The van der Waals surface area contributed by atoms with E-state index in [0.29, 0.717) is 41.7 Å². The number of methoxy groups -OCH3 is 1. The zero-order valence-electron chi connectivity index (χ0n) is 18.6. The third kappa shape index (κ3) is 4.17. The molecular weight excluding hydrogens is 456 g/mol. The molecule has 1 aliphatic rings. The first kappa shape index (κ1) is 21.8. The normalized spacial score (nSPS) is 12.9. The van der Waals surface area contributed by atoms with Crippen molar-refractivity contribution in [2.75, 3.05) is 25.6 Å². The van der Waals surface area contributed by atoms with E-state index in [1.54, 1.807) is 37.4 Å². The van der Waals surface area contributed by atoms with Crippen molar-refractivity contribution in [2.45, 2.75) is 16.8 Å². The summed E-state index contributed by atoms with van der Waals surface area (Å²) in [5.41, 5.74) is 2.26. The molecule has 0 saturated heterocycles. The van der Waals surface area contributed by atoms with Gasteiger partial charge in [-0.25, -0.2) is 8.42 Å². The van der Waals surface area contributed by atoms with Crippen LogP contribution in [0.3, 0.4) is 0 Å². The second-order valence-electron chi connectivity index (χ2n) is 7.69. The fraction of sp³-hybridized carbons (Fsp3) is 0.160. The van der Waals surface area contributed by atoms with Gasteiger partial charge in [-0.2, -0.15) is 4.98 Å². The number of aryl methyl sites for hydroxylation is 1. The molecule has 2 heterocycles. The molecule has 4 aromatic rings. The second kappa shape index (κ2) is 8.75. The van der Waals surface area contributed by atoms with Crippen molar-refractivity contribution in [3.8, 4) is 28.7 Å². The van der Waals surface area contributed by atoms with E-state index in [-0.39, 0.29) is 21.7 Å². The monoisotopic (exact) mass is 478 g/mol. The third-order valence-electron chi connectivity index (χ3n) is 5.27. The summed E-state index contributed by atoms with van der Waals surface area (Å²) in [5.74, 6) is 1.63. The molecule has 9 heteroatoms. The maximum atomic E-state index is 13.7. The van der Waals surface area contributed by atoms with E-state index in [2.05, 4.69) is 10.3 Å². The molecule has 0 fully saturated rings. The molecule has 0 aliphatic carbocycles. The summed E-state index contributed by atoms with van der Waals surface area (Å²) in [4.78, 5) is 4.41. The van der Waals surface area contributed by atoms with Gasteiger partial charge in [-0.05, 0) is 55.0 Å². The van der Waals surface area contributed by atoms with E-state index >= 15 is 0 Å².